The average molecular weight is 751 g/mol. The number of hydrogen-bond donors (Lipinski definition) is 4. The van der Waals surface area contributed by atoms with Gasteiger partial charge in [-0.1, -0.05) is 55.4 Å². The normalized spacial score (nSPS) is 46.2. The lowest BCUT2D eigenvalue weighted by atomic mass is 9.72. The minimum atomic E-state index is -1.37. The zero-order valence-electron chi connectivity index (χ0n) is 34.0. The van der Waals surface area contributed by atoms with E-state index >= 15 is 0 Å². The fourth-order valence-electron chi connectivity index (χ4n) is 10.5. The van der Waals surface area contributed by atoms with Crippen LogP contribution in [-0.4, -0.2) is 97.7 Å². The second-order valence-electron chi connectivity index (χ2n) is 17.9. The molecule has 304 valence electrons. The van der Waals surface area contributed by atoms with Crippen molar-refractivity contribution in [1.29, 1.82) is 0 Å². The van der Waals surface area contributed by atoms with Crippen LogP contribution in [0.3, 0.4) is 0 Å². The highest BCUT2D eigenvalue weighted by Crippen LogP contribution is 2.54. The maximum atomic E-state index is 14.4. The molecule has 4 N–H and O–H groups in total. The Morgan fingerprint density at radius 1 is 0.887 bits per heavy atom. The van der Waals surface area contributed by atoms with E-state index in [1.807, 2.05) is 41.5 Å². The molecule has 11 nitrogen and oxygen atoms in total. The van der Waals surface area contributed by atoms with E-state index in [1.54, 1.807) is 19.1 Å². The first-order valence-corrected chi connectivity index (χ1v) is 20.7. The molecule has 11 heteroatoms. The maximum absolute atomic E-state index is 14.4. The fraction of sp³-hybridized carbons (Fsp3) is 0.905. The van der Waals surface area contributed by atoms with Crippen LogP contribution in [0, 0.1) is 41.4 Å². The zero-order valence-corrected chi connectivity index (χ0v) is 34.0. The standard InChI is InChI=1S/C42H70O11/c1-11-29(38(46)47)31-15-14-23(4)36(50-31)27(8)34(44)26(7)35(45)30(12-2)37-24(5)22-25(6)41(51-37)19-16-32(43)42(53-41)21-20-39(10,52-42)33-17-18-40(48,13-3)28(9)49-33/h16,19,23-34,36-37,43-44,48H,11-15,17-18,20-22H2,1-10H3,(H,46,47)/t23-,24-,25+,26-,27-,28-,29+,30-,31+,32+,33+,34+,36?,37-,39-,40+,41-,42-/m0/s1. The maximum Gasteiger partial charge on any atom is 0.309 e. The van der Waals surface area contributed by atoms with Crippen molar-refractivity contribution >= 4 is 11.8 Å². The number of rotatable bonds is 12. The fourth-order valence-corrected chi connectivity index (χ4v) is 10.5. The van der Waals surface area contributed by atoms with Crippen LogP contribution in [0.15, 0.2) is 12.2 Å². The third-order valence-corrected chi connectivity index (χ3v) is 14.4. The quantitative estimate of drug-likeness (QED) is 0.169. The van der Waals surface area contributed by atoms with Gasteiger partial charge in [0, 0.05) is 30.1 Å². The molecule has 0 aromatic heterocycles. The van der Waals surface area contributed by atoms with E-state index in [1.165, 1.54) is 0 Å². The van der Waals surface area contributed by atoms with Gasteiger partial charge in [0.05, 0.1) is 53.7 Å². The lowest BCUT2D eigenvalue weighted by Gasteiger charge is -2.54. The number of carbonyl (C=O) groups is 2. The first-order chi connectivity index (χ1) is 24.8. The molecule has 5 aliphatic heterocycles. The lowest BCUT2D eigenvalue weighted by Crippen LogP contribution is -2.63. The van der Waals surface area contributed by atoms with Gasteiger partial charge >= 0.3 is 5.97 Å². The van der Waals surface area contributed by atoms with Gasteiger partial charge < -0.3 is 44.1 Å². The van der Waals surface area contributed by atoms with Crippen molar-refractivity contribution in [2.75, 3.05) is 0 Å². The Balaban J connectivity index is 1.31. The molecular weight excluding hydrogens is 680 g/mol. The van der Waals surface area contributed by atoms with Gasteiger partial charge in [-0.05, 0) is 95.6 Å². The molecule has 0 saturated carbocycles. The van der Waals surface area contributed by atoms with Gasteiger partial charge in [0.25, 0.3) is 0 Å². The van der Waals surface area contributed by atoms with Gasteiger partial charge in [-0.3, -0.25) is 9.59 Å². The Labute approximate surface area is 317 Å². The minimum Gasteiger partial charge on any atom is -0.481 e. The van der Waals surface area contributed by atoms with Gasteiger partial charge in [0.15, 0.2) is 5.79 Å². The molecule has 0 aromatic rings. The third kappa shape index (κ3) is 7.94. The molecule has 0 bridgehead atoms. The molecule has 0 radical (unpaired) electrons. The van der Waals surface area contributed by atoms with Crippen molar-refractivity contribution in [3.8, 4) is 0 Å². The van der Waals surface area contributed by atoms with E-state index < -0.39 is 76.8 Å². The van der Waals surface area contributed by atoms with Gasteiger partial charge in [-0.15, -0.1) is 0 Å². The summed E-state index contributed by atoms with van der Waals surface area (Å²) in [5.74, 6) is -5.78. The van der Waals surface area contributed by atoms with E-state index in [9.17, 15) is 30.0 Å². The number of Topliss-reactive ketones (excluding diaryl/α,β-unsaturated/α-hetero) is 1. The number of aliphatic hydroxyl groups is 3. The largest absolute Gasteiger partial charge is 0.481 e. The summed E-state index contributed by atoms with van der Waals surface area (Å²) in [5.41, 5.74) is -1.63. The van der Waals surface area contributed by atoms with Gasteiger partial charge in [0.2, 0.25) is 5.79 Å². The van der Waals surface area contributed by atoms with E-state index in [2.05, 4.69) is 20.8 Å². The summed E-state index contributed by atoms with van der Waals surface area (Å²) in [7, 11) is 0. The molecular formula is C42H70O11. The Morgan fingerprint density at radius 2 is 1.57 bits per heavy atom. The monoisotopic (exact) mass is 750 g/mol. The molecule has 5 heterocycles. The summed E-state index contributed by atoms with van der Waals surface area (Å²) < 4.78 is 33.5. The van der Waals surface area contributed by atoms with Crippen LogP contribution >= 0.6 is 0 Å². The molecule has 0 amide bonds. The molecule has 5 rings (SSSR count). The Bertz CT molecular complexity index is 1320. The average Bonchev–Trinajstić information content (AvgIpc) is 3.47. The number of ether oxygens (including phenoxy) is 5. The number of aliphatic hydroxyl groups excluding tert-OH is 2. The van der Waals surface area contributed by atoms with Gasteiger partial charge in [-0.25, -0.2) is 0 Å². The molecule has 4 saturated heterocycles. The minimum absolute atomic E-state index is 0.0137. The first-order valence-electron chi connectivity index (χ1n) is 20.7. The summed E-state index contributed by atoms with van der Waals surface area (Å²) in [6.07, 6.45) is 5.51. The number of carboxylic acids is 1. The van der Waals surface area contributed by atoms with E-state index in [0.717, 1.165) is 6.42 Å². The molecule has 2 spiro atoms. The van der Waals surface area contributed by atoms with E-state index in [-0.39, 0.29) is 41.8 Å². The number of hydrogen-bond acceptors (Lipinski definition) is 10. The molecule has 0 aromatic carbocycles. The van der Waals surface area contributed by atoms with Crippen LogP contribution in [0.5, 0.6) is 0 Å². The van der Waals surface area contributed by atoms with Crippen molar-refractivity contribution in [2.24, 2.45) is 41.4 Å². The highest BCUT2D eigenvalue weighted by atomic mass is 16.8. The van der Waals surface area contributed by atoms with Gasteiger partial charge in [-0.2, -0.15) is 0 Å². The molecule has 4 fully saturated rings. The Kier molecular flexibility index (Phi) is 13.0. The summed E-state index contributed by atoms with van der Waals surface area (Å²) in [4.78, 5) is 26.4. The van der Waals surface area contributed by atoms with E-state index in [4.69, 9.17) is 23.7 Å². The Hall–Kier alpha value is -1.44. The predicted molar refractivity (Wildman–Crippen MR) is 199 cm³/mol. The second kappa shape index (κ2) is 16.2. The highest BCUT2D eigenvalue weighted by Gasteiger charge is 2.63. The predicted octanol–water partition coefficient (Wildman–Crippen LogP) is 6.19. The molecule has 0 aliphatic carbocycles. The van der Waals surface area contributed by atoms with Crippen LogP contribution in [0.25, 0.3) is 0 Å². The van der Waals surface area contributed by atoms with Crippen molar-refractivity contribution in [3.63, 3.8) is 0 Å². The van der Waals surface area contributed by atoms with Crippen molar-refractivity contribution in [2.45, 2.75) is 199 Å². The lowest BCUT2D eigenvalue weighted by molar-refractivity contribution is -0.409. The summed E-state index contributed by atoms with van der Waals surface area (Å²) >= 11 is 0. The van der Waals surface area contributed by atoms with Crippen LogP contribution in [0.2, 0.25) is 0 Å². The first kappa shape index (κ1) is 42.7. The zero-order chi connectivity index (χ0) is 39.3. The summed E-state index contributed by atoms with van der Waals surface area (Å²) in [5, 5.41) is 44.0. The number of carboxylic acid groups (broad SMARTS) is 1. The summed E-state index contributed by atoms with van der Waals surface area (Å²) in [6, 6.07) is 0. The van der Waals surface area contributed by atoms with Crippen molar-refractivity contribution in [1.82, 2.24) is 0 Å². The second-order valence-corrected chi connectivity index (χ2v) is 17.9. The van der Waals surface area contributed by atoms with Crippen LogP contribution < -0.4 is 0 Å². The smallest absolute Gasteiger partial charge is 0.309 e. The molecule has 53 heavy (non-hydrogen) atoms. The SMILES string of the molecule is CC[C@@H](C(=O)[C@@H](C)[C@@H](O)[C@H](C)C1O[C@@H]([C@@H](CC)C(=O)O)CC[C@@H]1C)[C@H]1O[C@]2(C=C[C@@H](O)[C@]3(CC[C@@](C)([C@H]4CC[C@](O)(CC)[C@H](C)O4)O3)O2)[C@H](C)C[C@@H]1C. The number of aliphatic carboxylic acids is 1. The topological polar surface area (TPSA) is 161 Å². The molecule has 18 atom stereocenters. The molecule has 5 aliphatic rings. The van der Waals surface area contributed by atoms with Crippen LogP contribution in [-0.2, 0) is 33.3 Å². The van der Waals surface area contributed by atoms with Crippen molar-refractivity contribution < 1.29 is 53.7 Å². The van der Waals surface area contributed by atoms with E-state index in [0.29, 0.717) is 57.8 Å². The third-order valence-electron chi connectivity index (χ3n) is 14.4. The molecule has 1 unspecified atom stereocenters. The van der Waals surface area contributed by atoms with Crippen LogP contribution in [0.1, 0.15) is 133 Å². The number of carbonyl (C=O) groups excluding carboxylic acids is 1. The van der Waals surface area contributed by atoms with Crippen molar-refractivity contribution in [3.05, 3.63) is 12.2 Å². The number of ketones is 1. The van der Waals surface area contributed by atoms with Crippen LogP contribution in [0.4, 0.5) is 0 Å². The summed E-state index contributed by atoms with van der Waals surface area (Å²) in [6.45, 7) is 19.6. The van der Waals surface area contributed by atoms with Gasteiger partial charge in [0.1, 0.15) is 11.9 Å². The highest BCUT2D eigenvalue weighted by molar-refractivity contribution is 5.84. The Morgan fingerprint density at radius 3 is 2.17 bits per heavy atom.